The molecule has 0 aromatic carbocycles. The lowest BCUT2D eigenvalue weighted by molar-refractivity contribution is 0.175. The molecule has 0 saturated heterocycles. The molecule has 92 valence electrons. The van der Waals surface area contributed by atoms with Crippen molar-refractivity contribution in [2.45, 2.75) is 58.9 Å². The van der Waals surface area contributed by atoms with Crippen LogP contribution < -0.4 is 0 Å². The molecule has 1 saturated carbocycles. The van der Waals surface area contributed by atoms with E-state index >= 15 is 0 Å². The number of nitrogens with zero attached hydrogens (tertiary/aromatic N) is 2. The van der Waals surface area contributed by atoms with Crippen LogP contribution in [0.25, 0.3) is 0 Å². The van der Waals surface area contributed by atoms with Crippen molar-refractivity contribution < 1.29 is 0 Å². The van der Waals surface area contributed by atoms with Crippen LogP contribution in [0.1, 0.15) is 52.9 Å². The Morgan fingerprint density at radius 2 is 1.88 bits per heavy atom. The molecule has 0 aromatic rings. The second-order valence-electron chi connectivity index (χ2n) is 5.65. The number of hydrogen-bond acceptors (Lipinski definition) is 2. The molecule has 0 aliphatic heterocycles. The summed E-state index contributed by atoms with van der Waals surface area (Å²) < 4.78 is 0. The summed E-state index contributed by atoms with van der Waals surface area (Å²) in [5, 5.41) is 8.93. The normalized spacial score (nSPS) is 19.2. The smallest absolute Gasteiger partial charge is 0.0666 e. The first kappa shape index (κ1) is 13.5. The van der Waals surface area contributed by atoms with Gasteiger partial charge < -0.3 is 0 Å². The van der Waals surface area contributed by atoms with E-state index in [0.29, 0.717) is 0 Å². The molecule has 1 unspecified atom stereocenters. The number of hydrogen-bond donors (Lipinski definition) is 0. The molecule has 1 rings (SSSR count). The zero-order chi connectivity index (χ0) is 12.0. The minimum Gasteiger partial charge on any atom is -0.299 e. The molecule has 0 aromatic heterocycles. The van der Waals surface area contributed by atoms with Gasteiger partial charge in [0, 0.05) is 12.6 Å². The molecule has 2 nitrogen and oxygen atoms in total. The fourth-order valence-corrected chi connectivity index (χ4v) is 2.51. The Morgan fingerprint density at radius 1 is 1.25 bits per heavy atom. The van der Waals surface area contributed by atoms with Gasteiger partial charge in [0.25, 0.3) is 0 Å². The molecule has 0 bridgehead atoms. The van der Waals surface area contributed by atoms with E-state index in [-0.39, 0.29) is 5.92 Å². The number of rotatable bonds is 6. The van der Waals surface area contributed by atoms with Gasteiger partial charge in [-0.25, -0.2) is 0 Å². The van der Waals surface area contributed by atoms with E-state index in [1.54, 1.807) is 0 Å². The maximum atomic E-state index is 8.93. The molecule has 1 atom stereocenters. The third-order valence-corrected chi connectivity index (χ3v) is 3.56. The zero-order valence-corrected chi connectivity index (χ0v) is 11.1. The first-order valence-electron chi connectivity index (χ1n) is 6.77. The average Bonchev–Trinajstić information content (AvgIpc) is 2.76. The first-order chi connectivity index (χ1) is 7.63. The van der Waals surface area contributed by atoms with Crippen molar-refractivity contribution in [3.8, 4) is 6.07 Å². The van der Waals surface area contributed by atoms with Gasteiger partial charge in [0.1, 0.15) is 0 Å². The van der Waals surface area contributed by atoms with Crippen molar-refractivity contribution in [2.24, 2.45) is 11.8 Å². The molecule has 0 radical (unpaired) electrons. The van der Waals surface area contributed by atoms with Gasteiger partial charge in [-0.2, -0.15) is 5.26 Å². The van der Waals surface area contributed by atoms with Crippen LogP contribution in [0.3, 0.4) is 0 Å². The zero-order valence-electron chi connectivity index (χ0n) is 11.1. The highest BCUT2D eigenvalue weighted by Crippen LogP contribution is 2.24. The van der Waals surface area contributed by atoms with Crippen molar-refractivity contribution in [2.75, 3.05) is 13.1 Å². The Balaban J connectivity index is 2.43. The Bertz CT molecular complexity index is 223. The summed E-state index contributed by atoms with van der Waals surface area (Å²) in [6, 6.07) is 3.12. The van der Waals surface area contributed by atoms with Crippen molar-refractivity contribution in [3.05, 3.63) is 0 Å². The molecule has 16 heavy (non-hydrogen) atoms. The Kier molecular flexibility index (Phi) is 5.84. The van der Waals surface area contributed by atoms with Gasteiger partial charge in [0.15, 0.2) is 0 Å². The second-order valence-corrected chi connectivity index (χ2v) is 5.65. The van der Waals surface area contributed by atoms with Crippen molar-refractivity contribution in [1.82, 2.24) is 4.90 Å². The van der Waals surface area contributed by atoms with Crippen LogP contribution in [0, 0.1) is 23.2 Å². The van der Waals surface area contributed by atoms with Gasteiger partial charge >= 0.3 is 0 Å². The van der Waals surface area contributed by atoms with Gasteiger partial charge in [0.05, 0.1) is 12.0 Å². The highest BCUT2D eigenvalue weighted by molar-refractivity contribution is 4.85. The van der Waals surface area contributed by atoms with Crippen LogP contribution in [0.5, 0.6) is 0 Å². The summed E-state index contributed by atoms with van der Waals surface area (Å²) in [5.74, 6) is 0.939. The fraction of sp³-hybridized carbons (Fsp3) is 0.929. The van der Waals surface area contributed by atoms with Crippen LogP contribution in [0.15, 0.2) is 0 Å². The predicted molar refractivity (Wildman–Crippen MR) is 68.1 cm³/mol. The van der Waals surface area contributed by atoms with E-state index in [0.717, 1.165) is 18.5 Å². The SMILES string of the molecule is CC(C)CCN(CC(C)C#N)C1CCCC1. The van der Waals surface area contributed by atoms with Crippen LogP contribution >= 0.6 is 0 Å². The quantitative estimate of drug-likeness (QED) is 0.688. The maximum Gasteiger partial charge on any atom is 0.0666 e. The highest BCUT2D eigenvalue weighted by Gasteiger charge is 2.23. The molecule has 0 heterocycles. The van der Waals surface area contributed by atoms with Crippen LogP contribution in [0.4, 0.5) is 0 Å². The summed E-state index contributed by atoms with van der Waals surface area (Å²) in [7, 11) is 0. The van der Waals surface area contributed by atoms with E-state index in [2.05, 4.69) is 24.8 Å². The van der Waals surface area contributed by atoms with E-state index < -0.39 is 0 Å². The van der Waals surface area contributed by atoms with E-state index in [4.69, 9.17) is 5.26 Å². The van der Waals surface area contributed by atoms with Crippen molar-refractivity contribution >= 4 is 0 Å². The topological polar surface area (TPSA) is 27.0 Å². The van der Waals surface area contributed by atoms with Gasteiger partial charge in [0.2, 0.25) is 0 Å². The third kappa shape index (κ3) is 4.53. The van der Waals surface area contributed by atoms with Gasteiger partial charge in [-0.1, -0.05) is 26.7 Å². The lowest BCUT2D eigenvalue weighted by Gasteiger charge is -2.30. The maximum absolute atomic E-state index is 8.93. The van der Waals surface area contributed by atoms with Crippen LogP contribution in [-0.4, -0.2) is 24.0 Å². The second kappa shape index (κ2) is 6.91. The molecule has 2 heteroatoms. The summed E-state index contributed by atoms with van der Waals surface area (Å²) in [5.41, 5.74) is 0. The molecule has 1 aliphatic rings. The Labute approximate surface area is 101 Å². The lowest BCUT2D eigenvalue weighted by Crippen LogP contribution is -2.37. The molecular formula is C14H26N2. The van der Waals surface area contributed by atoms with Crippen molar-refractivity contribution in [3.63, 3.8) is 0 Å². The summed E-state index contributed by atoms with van der Waals surface area (Å²) in [6.07, 6.45) is 6.70. The van der Waals surface area contributed by atoms with Crippen LogP contribution in [0.2, 0.25) is 0 Å². The lowest BCUT2D eigenvalue weighted by atomic mass is 10.1. The molecule has 1 aliphatic carbocycles. The number of nitriles is 1. The standard InChI is InChI=1S/C14H26N2/c1-12(2)8-9-16(11-13(3)10-15)14-6-4-5-7-14/h12-14H,4-9,11H2,1-3H3. The summed E-state index contributed by atoms with van der Waals surface area (Å²) in [4.78, 5) is 2.57. The van der Waals surface area contributed by atoms with Gasteiger partial charge in [-0.3, -0.25) is 4.90 Å². The van der Waals surface area contributed by atoms with E-state index in [1.165, 1.54) is 38.6 Å². The predicted octanol–water partition coefficient (Wildman–Crippen LogP) is 3.44. The Morgan fingerprint density at radius 3 is 2.38 bits per heavy atom. The third-order valence-electron chi connectivity index (χ3n) is 3.56. The minimum atomic E-state index is 0.174. The minimum absolute atomic E-state index is 0.174. The Hall–Kier alpha value is -0.550. The molecule has 1 fully saturated rings. The molecule has 0 spiro atoms. The molecule has 0 N–H and O–H groups in total. The molecule has 0 amide bonds. The van der Waals surface area contributed by atoms with Gasteiger partial charge in [-0.15, -0.1) is 0 Å². The fourth-order valence-electron chi connectivity index (χ4n) is 2.51. The highest BCUT2D eigenvalue weighted by atomic mass is 15.2. The monoisotopic (exact) mass is 222 g/mol. The summed E-state index contributed by atoms with van der Waals surface area (Å²) in [6.45, 7) is 8.74. The first-order valence-corrected chi connectivity index (χ1v) is 6.77. The van der Waals surface area contributed by atoms with Crippen molar-refractivity contribution in [1.29, 1.82) is 5.26 Å². The van der Waals surface area contributed by atoms with E-state index in [9.17, 15) is 0 Å². The average molecular weight is 222 g/mol. The van der Waals surface area contributed by atoms with E-state index in [1.807, 2.05) is 6.92 Å². The molecular weight excluding hydrogens is 196 g/mol. The van der Waals surface area contributed by atoms with Gasteiger partial charge in [-0.05, 0) is 38.6 Å². The summed E-state index contributed by atoms with van der Waals surface area (Å²) >= 11 is 0. The largest absolute Gasteiger partial charge is 0.299 e. The van der Waals surface area contributed by atoms with Crippen LogP contribution in [-0.2, 0) is 0 Å².